The molecule has 1 aliphatic rings. The van der Waals surface area contributed by atoms with Crippen LogP contribution < -0.4 is 10.2 Å². The van der Waals surface area contributed by atoms with E-state index in [1.54, 1.807) is 12.1 Å². The van der Waals surface area contributed by atoms with Crippen molar-refractivity contribution >= 4 is 35.0 Å². The van der Waals surface area contributed by atoms with E-state index in [1.165, 1.54) is 42.4 Å². The summed E-state index contributed by atoms with van der Waals surface area (Å²) in [6.45, 7) is 3.77. The quantitative estimate of drug-likeness (QED) is 0.655. The van der Waals surface area contributed by atoms with Gasteiger partial charge in [0.25, 0.3) is 5.91 Å². The van der Waals surface area contributed by atoms with Gasteiger partial charge in [0.2, 0.25) is 0 Å². The topological polar surface area (TPSA) is 58.6 Å². The average molecular weight is 417 g/mol. The number of hydrogen-bond acceptors (Lipinski definition) is 5. The molecule has 0 spiro atoms. The van der Waals surface area contributed by atoms with Crippen molar-refractivity contribution in [2.24, 2.45) is 0 Å². The molecule has 0 aromatic heterocycles. The third-order valence-electron chi connectivity index (χ3n) is 4.72. The van der Waals surface area contributed by atoms with Crippen molar-refractivity contribution in [2.75, 3.05) is 35.7 Å². The van der Waals surface area contributed by atoms with Crippen molar-refractivity contribution < 1.29 is 18.7 Å². The highest BCUT2D eigenvalue weighted by Gasteiger charge is 2.14. The number of thioether (sulfide) groups is 1. The number of carbonyl (C=O) groups is 2. The highest BCUT2D eigenvalue weighted by atomic mass is 32.2. The summed E-state index contributed by atoms with van der Waals surface area (Å²) >= 11 is 1.36. The molecule has 0 bridgehead atoms. The van der Waals surface area contributed by atoms with Crippen LogP contribution >= 0.6 is 11.8 Å². The SMILES string of the molecule is Cc1cc(N2CCCC2)ccc1NC(=O)COC(=O)CSCc1ccc(F)cc1. The first-order chi connectivity index (χ1) is 14.0. The lowest BCUT2D eigenvalue weighted by atomic mass is 10.1. The van der Waals surface area contributed by atoms with Gasteiger partial charge in [-0.05, 0) is 61.2 Å². The van der Waals surface area contributed by atoms with Crippen molar-refractivity contribution in [2.45, 2.75) is 25.5 Å². The number of halogens is 1. The molecule has 0 radical (unpaired) electrons. The van der Waals surface area contributed by atoms with Crippen LogP contribution in [0.25, 0.3) is 0 Å². The molecule has 3 rings (SSSR count). The van der Waals surface area contributed by atoms with E-state index >= 15 is 0 Å². The number of ether oxygens (including phenoxy) is 1. The third kappa shape index (κ3) is 6.49. The van der Waals surface area contributed by atoms with Gasteiger partial charge in [0, 0.05) is 30.2 Å². The molecule has 0 unspecified atom stereocenters. The van der Waals surface area contributed by atoms with Crippen LogP contribution in [0.4, 0.5) is 15.8 Å². The molecule has 2 aromatic rings. The minimum atomic E-state index is -0.451. The van der Waals surface area contributed by atoms with E-state index in [4.69, 9.17) is 4.74 Å². The molecule has 2 aromatic carbocycles. The molecule has 0 aliphatic carbocycles. The smallest absolute Gasteiger partial charge is 0.316 e. The van der Waals surface area contributed by atoms with E-state index in [9.17, 15) is 14.0 Å². The van der Waals surface area contributed by atoms with E-state index < -0.39 is 5.97 Å². The Morgan fingerprint density at radius 1 is 1.14 bits per heavy atom. The van der Waals surface area contributed by atoms with Crippen LogP contribution in [0.3, 0.4) is 0 Å². The number of nitrogens with one attached hydrogen (secondary N) is 1. The Labute approximate surface area is 174 Å². The van der Waals surface area contributed by atoms with Gasteiger partial charge >= 0.3 is 5.97 Å². The summed E-state index contributed by atoms with van der Waals surface area (Å²) in [5, 5.41) is 2.79. The van der Waals surface area contributed by atoms with Crippen molar-refractivity contribution in [3.63, 3.8) is 0 Å². The van der Waals surface area contributed by atoms with Gasteiger partial charge in [-0.3, -0.25) is 9.59 Å². The summed E-state index contributed by atoms with van der Waals surface area (Å²) in [5.74, 6) is -0.393. The number of amides is 1. The summed E-state index contributed by atoms with van der Waals surface area (Å²) < 4.78 is 17.9. The number of anilines is 2. The monoisotopic (exact) mass is 416 g/mol. The number of rotatable bonds is 8. The molecule has 0 atom stereocenters. The van der Waals surface area contributed by atoms with Crippen LogP contribution in [0.15, 0.2) is 42.5 Å². The van der Waals surface area contributed by atoms with E-state index in [-0.39, 0.29) is 24.1 Å². The standard InChI is InChI=1S/C22H25FN2O3S/c1-16-12-19(25-10-2-3-11-25)8-9-20(16)24-21(26)13-28-22(27)15-29-14-17-4-6-18(23)7-5-17/h4-9,12H,2-3,10-11,13-15H2,1H3,(H,24,26). The average Bonchev–Trinajstić information content (AvgIpc) is 3.24. The predicted octanol–water partition coefficient (Wildman–Crippen LogP) is 4.15. The minimum absolute atomic E-state index is 0.133. The van der Waals surface area contributed by atoms with Gasteiger partial charge in [-0.25, -0.2) is 4.39 Å². The molecule has 0 saturated carbocycles. The lowest BCUT2D eigenvalue weighted by Crippen LogP contribution is -2.22. The molecule has 1 N–H and O–H groups in total. The van der Waals surface area contributed by atoms with Crippen molar-refractivity contribution in [1.82, 2.24) is 0 Å². The Bertz CT molecular complexity index is 852. The number of hydrogen-bond donors (Lipinski definition) is 1. The first-order valence-electron chi connectivity index (χ1n) is 9.64. The summed E-state index contributed by atoms with van der Waals surface area (Å²) in [4.78, 5) is 26.2. The number of benzene rings is 2. The van der Waals surface area contributed by atoms with Crippen LogP contribution in [-0.2, 0) is 20.1 Å². The molecule has 1 aliphatic heterocycles. The zero-order chi connectivity index (χ0) is 20.6. The van der Waals surface area contributed by atoms with Crippen LogP contribution in [-0.4, -0.2) is 37.3 Å². The Morgan fingerprint density at radius 3 is 2.55 bits per heavy atom. The minimum Gasteiger partial charge on any atom is -0.455 e. The zero-order valence-corrected chi connectivity index (χ0v) is 17.3. The molecular weight excluding hydrogens is 391 g/mol. The fraction of sp³-hybridized carbons (Fsp3) is 0.364. The Hall–Kier alpha value is -2.54. The molecule has 1 amide bonds. The Kier molecular flexibility index (Phi) is 7.52. The maximum absolute atomic E-state index is 12.9. The molecule has 1 fully saturated rings. The van der Waals surface area contributed by atoms with Crippen molar-refractivity contribution in [3.8, 4) is 0 Å². The zero-order valence-electron chi connectivity index (χ0n) is 16.4. The summed E-state index contributed by atoms with van der Waals surface area (Å²) in [5.41, 5.74) is 3.79. The second kappa shape index (κ2) is 10.3. The second-order valence-corrected chi connectivity index (χ2v) is 8.01. The molecule has 7 heteroatoms. The van der Waals surface area contributed by atoms with E-state index in [2.05, 4.69) is 16.3 Å². The Balaban J connectivity index is 1.38. The number of nitrogens with zero attached hydrogens (tertiary/aromatic N) is 1. The van der Waals surface area contributed by atoms with E-state index in [1.807, 2.05) is 19.1 Å². The van der Waals surface area contributed by atoms with Crippen molar-refractivity contribution in [1.29, 1.82) is 0 Å². The van der Waals surface area contributed by atoms with Gasteiger partial charge in [-0.1, -0.05) is 12.1 Å². The summed E-state index contributed by atoms with van der Waals surface area (Å²) in [6, 6.07) is 12.1. The van der Waals surface area contributed by atoms with Gasteiger partial charge in [0.15, 0.2) is 6.61 Å². The maximum Gasteiger partial charge on any atom is 0.316 e. The predicted molar refractivity (Wildman–Crippen MR) is 115 cm³/mol. The van der Waals surface area contributed by atoms with Gasteiger partial charge in [-0.2, -0.15) is 0 Å². The van der Waals surface area contributed by atoms with Crippen LogP contribution in [0, 0.1) is 12.7 Å². The van der Waals surface area contributed by atoms with Crippen LogP contribution in [0.1, 0.15) is 24.0 Å². The van der Waals surface area contributed by atoms with Crippen molar-refractivity contribution in [3.05, 3.63) is 59.4 Å². The first kappa shape index (κ1) is 21.2. The normalized spacial score (nSPS) is 13.4. The highest BCUT2D eigenvalue weighted by molar-refractivity contribution is 7.99. The largest absolute Gasteiger partial charge is 0.455 e. The maximum atomic E-state index is 12.9. The Morgan fingerprint density at radius 2 is 1.86 bits per heavy atom. The molecule has 1 heterocycles. The molecular formula is C22H25FN2O3S. The first-order valence-corrected chi connectivity index (χ1v) is 10.8. The van der Waals surface area contributed by atoms with Gasteiger partial charge in [0.1, 0.15) is 5.82 Å². The third-order valence-corrected chi connectivity index (χ3v) is 5.70. The van der Waals surface area contributed by atoms with Gasteiger partial charge in [-0.15, -0.1) is 11.8 Å². The lowest BCUT2D eigenvalue weighted by Gasteiger charge is -2.19. The number of aryl methyl sites for hydroxylation is 1. The molecule has 1 saturated heterocycles. The lowest BCUT2D eigenvalue weighted by molar-refractivity contribution is -0.144. The number of esters is 1. The molecule has 29 heavy (non-hydrogen) atoms. The second-order valence-electron chi connectivity index (χ2n) is 7.02. The van der Waals surface area contributed by atoms with E-state index in [0.717, 1.165) is 29.9 Å². The fourth-order valence-corrected chi connectivity index (χ4v) is 3.95. The van der Waals surface area contributed by atoms with Gasteiger partial charge in [0.05, 0.1) is 5.75 Å². The summed E-state index contributed by atoms with van der Waals surface area (Å²) in [6.07, 6.45) is 2.43. The van der Waals surface area contributed by atoms with E-state index in [0.29, 0.717) is 5.75 Å². The highest BCUT2D eigenvalue weighted by Crippen LogP contribution is 2.25. The number of carbonyl (C=O) groups excluding carboxylic acids is 2. The van der Waals surface area contributed by atoms with Gasteiger partial charge < -0.3 is 15.0 Å². The summed E-state index contributed by atoms with van der Waals surface area (Å²) in [7, 11) is 0. The molecule has 5 nitrogen and oxygen atoms in total. The molecule has 154 valence electrons. The van der Waals surface area contributed by atoms with Crippen LogP contribution in [0.5, 0.6) is 0 Å². The fourth-order valence-electron chi connectivity index (χ4n) is 3.17. The van der Waals surface area contributed by atoms with Crippen LogP contribution in [0.2, 0.25) is 0 Å².